The van der Waals surface area contributed by atoms with Crippen LogP contribution in [0.3, 0.4) is 0 Å². The Morgan fingerprint density at radius 2 is 2.33 bits per heavy atom. The van der Waals surface area contributed by atoms with Crippen LogP contribution in [0.4, 0.5) is 5.95 Å². The fourth-order valence-electron chi connectivity index (χ4n) is 1.25. The summed E-state index contributed by atoms with van der Waals surface area (Å²) < 4.78 is 0. The average molecular weight is 187 g/mol. The van der Waals surface area contributed by atoms with E-state index < -0.39 is 0 Å². The van der Waals surface area contributed by atoms with Gasteiger partial charge in [0.15, 0.2) is 0 Å². The smallest absolute Gasteiger partial charge is 0.220 e. The number of anilines is 1. The van der Waals surface area contributed by atoms with Gasteiger partial charge in [0, 0.05) is 31.3 Å². The summed E-state index contributed by atoms with van der Waals surface area (Å²) in [7, 11) is 0. The summed E-state index contributed by atoms with van der Waals surface area (Å²) in [6, 6.07) is 0. The van der Waals surface area contributed by atoms with Gasteiger partial charge in [0.1, 0.15) is 0 Å². The minimum atomic E-state index is 0. The van der Waals surface area contributed by atoms with E-state index in [0.29, 0.717) is 5.95 Å². The SMILES string of the molecule is Cl.Nc1ncc2c(n1)CCNC2. The number of nitrogen functional groups attached to an aromatic ring is 1. The highest BCUT2D eigenvalue weighted by Crippen LogP contribution is 2.09. The first-order valence-electron chi connectivity index (χ1n) is 3.67. The lowest BCUT2D eigenvalue weighted by atomic mass is 10.1. The molecule has 4 nitrogen and oxygen atoms in total. The second-order valence-electron chi connectivity index (χ2n) is 2.63. The molecule has 0 fully saturated rings. The summed E-state index contributed by atoms with van der Waals surface area (Å²) in [5, 5.41) is 3.24. The van der Waals surface area contributed by atoms with E-state index in [2.05, 4.69) is 15.3 Å². The van der Waals surface area contributed by atoms with Crippen molar-refractivity contribution in [1.29, 1.82) is 0 Å². The third-order valence-electron chi connectivity index (χ3n) is 1.83. The number of fused-ring (bicyclic) bond motifs is 1. The molecule has 2 heterocycles. The normalized spacial score (nSPS) is 14.7. The third kappa shape index (κ3) is 1.65. The van der Waals surface area contributed by atoms with Crippen LogP contribution in [0.5, 0.6) is 0 Å². The number of halogens is 1. The summed E-state index contributed by atoms with van der Waals surface area (Å²) in [5.41, 5.74) is 7.70. The molecule has 1 aromatic rings. The molecule has 0 amide bonds. The van der Waals surface area contributed by atoms with Crippen molar-refractivity contribution in [3.8, 4) is 0 Å². The van der Waals surface area contributed by atoms with Gasteiger partial charge in [-0.3, -0.25) is 0 Å². The van der Waals surface area contributed by atoms with E-state index >= 15 is 0 Å². The molecule has 1 aliphatic rings. The molecule has 0 unspecified atom stereocenters. The van der Waals surface area contributed by atoms with Crippen LogP contribution in [0.2, 0.25) is 0 Å². The molecule has 3 N–H and O–H groups in total. The van der Waals surface area contributed by atoms with Crippen molar-refractivity contribution in [2.24, 2.45) is 0 Å². The quantitative estimate of drug-likeness (QED) is 0.605. The maximum absolute atomic E-state index is 5.44. The largest absolute Gasteiger partial charge is 0.368 e. The lowest BCUT2D eigenvalue weighted by Gasteiger charge is -2.14. The van der Waals surface area contributed by atoms with E-state index in [1.165, 1.54) is 5.56 Å². The summed E-state index contributed by atoms with van der Waals surface area (Å²) in [5.74, 6) is 0.380. The molecule has 12 heavy (non-hydrogen) atoms. The molecule has 5 heteroatoms. The van der Waals surface area contributed by atoms with Crippen molar-refractivity contribution in [3.05, 3.63) is 17.5 Å². The molecule has 0 saturated carbocycles. The number of aromatic nitrogens is 2. The van der Waals surface area contributed by atoms with Crippen molar-refractivity contribution in [2.75, 3.05) is 12.3 Å². The lowest BCUT2D eigenvalue weighted by molar-refractivity contribution is 0.627. The molecule has 0 aliphatic carbocycles. The zero-order chi connectivity index (χ0) is 7.68. The van der Waals surface area contributed by atoms with Crippen LogP contribution in [-0.2, 0) is 13.0 Å². The van der Waals surface area contributed by atoms with Gasteiger partial charge in [0.05, 0.1) is 5.69 Å². The average Bonchev–Trinajstić information content (AvgIpc) is 2.04. The van der Waals surface area contributed by atoms with Crippen molar-refractivity contribution < 1.29 is 0 Å². The molecule has 0 radical (unpaired) electrons. The van der Waals surface area contributed by atoms with E-state index in [9.17, 15) is 0 Å². The first-order valence-corrected chi connectivity index (χ1v) is 3.67. The molecule has 0 atom stereocenters. The Balaban J connectivity index is 0.000000720. The van der Waals surface area contributed by atoms with Crippen LogP contribution in [0.15, 0.2) is 6.20 Å². The van der Waals surface area contributed by atoms with Crippen molar-refractivity contribution in [1.82, 2.24) is 15.3 Å². The maximum atomic E-state index is 5.44. The summed E-state index contributed by atoms with van der Waals surface area (Å²) in [4.78, 5) is 8.06. The fraction of sp³-hybridized carbons (Fsp3) is 0.429. The Hall–Kier alpha value is -0.870. The molecule has 66 valence electrons. The topological polar surface area (TPSA) is 63.8 Å². The molecule has 0 saturated heterocycles. The molecule has 0 bridgehead atoms. The summed E-state index contributed by atoms with van der Waals surface area (Å²) in [6.45, 7) is 1.86. The second-order valence-corrected chi connectivity index (χ2v) is 2.63. The van der Waals surface area contributed by atoms with Crippen molar-refractivity contribution in [2.45, 2.75) is 13.0 Å². The standard InChI is InChI=1S/C7H10N4.ClH/c8-7-10-4-5-3-9-2-1-6(5)11-7;/h4,9H,1-3H2,(H2,8,10,11);1H. The van der Waals surface area contributed by atoms with Crippen LogP contribution >= 0.6 is 12.4 Å². The predicted molar refractivity (Wildman–Crippen MR) is 49.1 cm³/mol. The van der Waals surface area contributed by atoms with Crippen LogP contribution in [0.1, 0.15) is 11.3 Å². The summed E-state index contributed by atoms with van der Waals surface area (Å²) in [6.07, 6.45) is 2.76. The van der Waals surface area contributed by atoms with Crippen LogP contribution < -0.4 is 11.1 Å². The Morgan fingerprint density at radius 1 is 1.50 bits per heavy atom. The minimum Gasteiger partial charge on any atom is -0.368 e. The first kappa shape index (κ1) is 9.22. The fourth-order valence-corrected chi connectivity index (χ4v) is 1.25. The molecule has 2 rings (SSSR count). The van der Waals surface area contributed by atoms with E-state index in [-0.39, 0.29) is 12.4 Å². The van der Waals surface area contributed by atoms with Gasteiger partial charge in [-0.1, -0.05) is 0 Å². The van der Waals surface area contributed by atoms with Gasteiger partial charge in [-0.25, -0.2) is 9.97 Å². The maximum Gasteiger partial charge on any atom is 0.220 e. The number of rotatable bonds is 0. The van der Waals surface area contributed by atoms with E-state index in [4.69, 9.17) is 5.73 Å². The zero-order valence-corrected chi connectivity index (χ0v) is 7.40. The molecular weight excluding hydrogens is 176 g/mol. The first-order chi connectivity index (χ1) is 5.36. The van der Waals surface area contributed by atoms with Gasteiger partial charge in [0.2, 0.25) is 5.95 Å². The summed E-state index contributed by atoms with van der Waals surface area (Å²) >= 11 is 0. The van der Waals surface area contributed by atoms with E-state index in [1.54, 1.807) is 6.20 Å². The van der Waals surface area contributed by atoms with Crippen LogP contribution in [0, 0.1) is 0 Å². The van der Waals surface area contributed by atoms with Gasteiger partial charge >= 0.3 is 0 Å². The predicted octanol–water partition coefficient (Wildman–Crippen LogP) is 0.126. The molecule has 1 aromatic heterocycles. The number of nitrogens with two attached hydrogens (primary N) is 1. The Morgan fingerprint density at radius 3 is 3.17 bits per heavy atom. The highest BCUT2D eigenvalue weighted by molar-refractivity contribution is 5.85. The van der Waals surface area contributed by atoms with Gasteiger partial charge in [-0.2, -0.15) is 0 Å². The number of hydrogen-bond donors (Lipinski definition) is 2. The highest BCUT2D eigenvalue weighted by atomic mass is 35.5. The van der Waals surface area contributed by atoms with Gasteiger partial charge in [-0.05, 0) is 0 Å². The van der Waals surface area contributed by atoms with E-state index in [1.807, 2.05) is 0 Å². The van der Waals surface area contributed by atoms with Crippen molar-refractivity contribution in [3.63, 3.8) is 0 Å². The van der Waals surface area contributed by atoms with Gasteiger partial charge in [-0.15, -0.1) is 12.4 Å². The molecule has 1 aliphatic heterocycles. The van der Waals surface area contributed by atoms with E-state index in [0.717, 1.165) is 25.2 Å². The van der Waals surface area contributed by atoms with Crippen molar-refractivity contribution >= 4 is 18.4 Å². The van der Waals surface area contributed by atoms with Crippen LogP contribution in [0.25, 0.3) is 0 Å². The van der Waals surface area contributed by atoms with Gasteiger partial charge in [0.25, 0.3) is 0 Å². The molecule has 0 spiro atoms. The van der Waals surface area contributed by atoms with Crippen LogP contribution in [-0.4, -0.2) is 16.5 Å². The zero-order valence-electron chi connectivity index (χ0n) is 6.58. The number of hydrogen-bond acceptors (Lipinski definition) is 4. The monoisotopic (exact) mass is 186 g/mol. The minimum absolute atomic E-state index is 0. The number of nitrogens with zero attached hydrogens (tertiary/aromatic N) is 2. The number of nitrogens with one attached hydrogen (secondary N) is 1. The highest BCUT2D eigenvalue weighted by Gasteiger charge is 2.09. The van der Waals surface area contributed by atoms with Gasteiger partial charge < -0.3 is 11.1 Å². The molecular formula is C7H11ClN4. The Labute approximate surface area is 77.0 Å². The Bertz CT molecular complexity index is 276. The molecule has 0 aromatic carbocycles. The second kappa shape index (κ2) is 3.69. The third-order valence-corrected chi connectivity index (χ3v) is 1.83. The Kier molecular flexibility index (Phi) is 2.83. The lowest BCUT2D eigenvalue weighted by Crippen LogP contribution is -2.25.